The van der Waals surface area contributed by atoms with Gasteiger partial charge in [0, 0.05) is 0 Å². The third-order valence-electron chi connectivity index (χ3n) is 1.01. The van der Waals surface area contributed by atoms with Crippen molar-refractivity contribution in [2.45, 2.75) is 0 Å². The average molecular weight is 205 g/mol. The van der Waals surface area contributed by atoms with Gasteiger partial charge in [-0.2, -0.15) is 4.98 Å². The summed E-state index contributed by atoms with van der Waals surface area (Å²) in [6, 6.07) is 1.40. The van der Waals surface area contributed by atoms with Crippen molar-refractivity contribution in [1.82, 2.24) is 0 Å². The molecule has 0 amide bonds. The van der Waals surface area contributed by atoms with Gasteiger partial charge in [0.15, 0.2) is 12.5 Å². The molecule has 0 spiro atoms. The lowest BCUT2D eigenvalue weighted by Crippen LogP contribution is -2.10. The minimum absolute atomic E-state index is 0.0226. The van der Waals surface area contributed by atoms with Gasteiger partial charge in [-0.15, -0.1) is 4.39 Å². The summed E-state index contributed by atoms with van der Waals surface area (Å²) < 4.78 is 13.1. The molecule has 0 radical (unpaired) electrons. The first-order valence-corrected chi connectivity index (χ1v) is 3.35. The summed E-state index contributed by atoms with van der Waals surface area (Å²) in [6.45, 7) is 0. The van der Waals surface area contributed by atoms with Crippen LogP contribution in [-0.2, 0) is 0 Å². The number of carbonyl (C=O) groups excluding carboxylic acids is 1. The topological polar surface area (TPSA) is 31.2 Å². The van der Waals surface area contributed by atoms with Crippen LogP contribution in [0.1, 0.15) is 10.4 Å². The minimum atomic E-state index is -0.613. The Balaban J connectivity index is 3.21. The highest BCUT2D eigenvalue weighted by Crippen LogP contribution is 2.07. The average Bonchev–Trinajstić information content (AvgIpc) is 1.94. The van der Waals surface area contributed by atoms with Gasteiger partial charge in [-0.25, -0.2) is 0 Å². The maximum absolute atomic E-state index is 12.5. The fourth-order valence-corrected chi connectivity index (χ4v) is 0.916. The van der Waals surface area contributed by atoms with E-state index in [1.165, 1.54) is 12.3 Å². The molecule has 1 rings (SSSR count). The first kappa shape index (κ1) is 7.34. The Morgan fingerprint density at radius 3 is 2.90 bits per heavy atom. The number of hydrogen-bond acceptors (Lipinski definition) is 1. The molecule has 1 N–H and O–H groups in total. The van der Waals surface area contributed by atoms with Crippen LogP contribution in [0.5, 0.6) is 0 Å². The van der Waals surface area contributed by atoms with E-state index in [0.29, 0.717) is 10.8 Å². The molecule has 52 valence electrons. The Kier molecular flexibility index (Phi) is 2.11. The molecule has 1 aromatic rings. The van der Waals surface area contributed by atoms with E-state index >= 15 is 0 Å². The monoisotopic (exact) mass is 204 g/mol. The molecule has 0 aromatic carbocycles. The molecule has 0 aliphatic carbocycles. The van der Waals surface area contributed by atoms with Gasteiger partial charge >= 0.3 is 5.95 Å². The molecule has 2 nitrogen and oxygen atoms in total. The molecule has 10 heavy (non-hydrogen) atoms. The molecule has 0 bridgehead atoms. The summed E-state index contributed by atoms with van der Waals surface area (Å²) in [7, 11) is 0. The van der Waals surface area contributed by atoms with Crippen molar-refractivity contribution in [2.75, 3.05) is 0 Å². The van der Waals surface area contributed by atoms with E-state index in [9.17, 15) is 9.18 Å². The van der Waals surface area contributed by atoms with Crippen LogP contribution in [0.25, 0.3) is 0 Å². The minimum Gasteiger partial charge on any atom is -0.298 e. The Morgan fingerprint density at radius 1 is 1.70 bits per heavy atom. The van der Waals surface area contributed by atoms with Crippen LogP contribution in [-0.4, -0.2) is 6.29 Å². The van der Waals surface area contributed by atoms with Gasteiger partial charge in [-0.05, 0) is 22.0 Å². The lowest BCUT2D eigenvalue weighted by atomic mass is 10.3. The number of aldehydes is 1. The van der Waals surface area contributed by atoms with Gasteiger partial charge in [-0.1, -0.05) is 0 Å². The van der Waals surface area contributed by atoms with Crippen LogP contribution < -0.4 is 4.98 Å². The molecule has 0 fully saturated rings. The summed E-state index contributed by atoms with van der Waals surface area (Å²) in [5.74, 6) is -0.613. The molecule has 0 saturated heterocycles. The number of carbonyl (C=O) groups is 1. The molecule has 4 heteroatoms. The van der Waals surface area contributed by atoms with Gasteiger partial charge in [0.05, 0.1) is 4.47 Å². The van der Waals surface area contributed by atoms with Crippen molar-refractivity contribution in [3.05, 3.63) is 28.2 Å². The number of aromatic amines is 1. The Morgan fingerprint density at radius 2 is 2.40 bits per heavy atom. The summed E-state index contributed by atoms with van der Waals surface area (Å²) in [5, 5.41) is 0. The van der Waals surface area contributed by atoms with Crippen molar-refractivity contribution < 1.29 is 14.2 Å². The molecule has 0 aliphatic heterocycles. The van der Waals surface area contributed by atoms with E-state index in [1.807, 2.05) is 0 Å². The van der Waals surface area contributed by atoms with Gasteiger partial charge in [0.25, 0.3) is 0 Å². The SMILES string of the molecule is O=Cc1cc(Br)c[nH+]c1F. The second-order valence-corrected chi connectivity index (χ2v) is 2.62. The molecule has 1 heterocycles. The molecule has 0 atom stereocenters. The number of halogens is 2. The van der Waals surface area contributed by atoms with E-state index in [2.05, 4.69) is 20.9 Å². The van der Waals surface area contributed by atoms with Crippen molar-refractivity contribution in [3.8, 4) is 0 Å². The van der Waals surface area contributed by atoms with E-state index in [0.717, 1.165) is 0 Å². The zero-order chi connectivity index (χ0) is 7.56. The third kappa shape index (κ3) is 1.39. The first-order chi connectivity index (χ1) is 4.74. The Hall–Kier alpha value is -0.770. The zero-order valence-electron chi connectivity index (χ0n) is 4.90. The number of rotatable bonds is 1. The second-order valence-electron chi connectivity index (χ2n) is 1.71. The predicted molar refractivity (Wildman–Crippen MR) is 36.0 cm³/mol. The van der Waals surface area contributed by atoms with Crippen LogP contribution >= 0.6 is 15.9 Å². The Bertz CT molecular complexity index is 264. The number of aromatic nitrogens is 1. The van der Waals surface area contributed by atoms with Crippen molar-refractivity contribution in [1.29, 1.82) is 0 Å². The van der Waals surface area contributed by atoms with Gasteiger partial charge in [-0.3, -0.25) is 4.79 Å². The molecule has 0 aliphatic rings. The molecule has 1 aromatic heterocycles. The lowest BCUT2D eigenvalue weighted by molar-refractivity contribution is -0.422. The normalized spacial score (nSPS) is 9.40. The fourth-order valence-electron chi connectivity index (χ4n) is 0.555. The molecule has 0 saturated carbocycles. The van der Waals surface area contributed by atoms with E-state index < -0.39 is 5.95 Å². The Labute approximate surface area is 65.2 Å². The maximum atomic E-state index is 12.5. The van der Waals surface area contributed by atoms with Crippen LogP contribution in [0, 0.1) is 5.95 Å². The smallest absolute Gasteiger partial charge is 0.298 e. The fraction of sp³-hybridized carbons (Fsp3) is 0. The van der Waals surface area contributed by atoms with Gasteiger partial charge < -0.3 is 0 Å². The van der Waals surface area contributed by atoms with Crippen LogP contribution in [0.4, 0.5) is 4.39 Å². The van der Waals surface area contributed by atoms with E-state index in [-0.39, 0.29) is 5.56 Å². The van der Waals surface area contributed by atoms with Crippen molar-refractivity contribution in [3.63, 3.8) is 0 Å². The van der Waals surface area contributed by atoms with Crippen LogP contribution in [0.3, 0.4) is 0 Å². The standard InChI is InChI=1S/C6H3BrFNO/c7-5-1-4(3-10)6(8)9-2-5/h1-3H/p+1. The van der Waals surface area contributed by atoms with E-state index in [4.69, 9.17) is 0 Å². The number of nitrogens with one attached hydrogen (secondary N) is 1. The highest BCUT2D eigenvalue weighted by molar-refractivity contribution is 9.10. The van der Waals surface area contributed by atoms with Gasteiger partial charge in [0.1, 0.15) is 5.56 Å². The van der Waals surface area contributed by atoms with Crippen LogP contribution in [0.2, 0.25) is 0 Å². The zero-order valence-corrected chi connectivity index (χ0v) is 6.48. The highest BCUT2D eigenvalue weighted by Gasteiger charge is 2.07. The summed E-state index contributed by atoms with van der Waals surface area (Å²) in [5.41, 5.74) is 0.0226. The first-order valence-electron chi connectivity index (χ1n) is 2.56. The summed E-state index contributed by atoms with van der Waals surface area (Å²) in [6.07, 6.45) is 1.87. The quantitative estimate of drug-likeness (QED) is 0.500. The van der Waals surface area contributed by atoms with Gasteiger partial charge in [0.2, 0.25) is 0 Å². The van der Waals surface area contributed by atoms with E-state index in [1.54, 1.807) is 0 Å². The number of H-pyrrole nitrogens is 1. The number of hydrogen-bond donors (Lipinski definition) is 0. The lowest BCUT2D eigenvalue weighted by Gasteiger charge is -1.85. The van der Waals surface area contributed by atoms with Crippen molar-refractivity contribution >= 4 is 22.2 Å². The van der Waals surface area contributed by atoms with Crippen molar-refractivity contribution in [2.24, 2.45) is 0 Å². The summed E-state index contributed by atoms with van der Waals surface area (Å²) >= 11 is 3.08. The third-order valence-corrected chi connectivity index (χ3v) is 1.47. The maximum Gasteiger partial charge on any atom is 0.368 e. The second kappa shape index (κ2) is 2.88. The summed E-state index contributed by atoms with van der Waals surface area (Å²) in [4.78, 5) is 12.4. The molecular weight excluding hydrogens is 201 g/mol. The highest BCUT2D eigenvalue weighted by atomic mass is 79.9. The largest absolute Gasteiger partial charge is 0.368 e. The molecular formula is C6H4BrFNO+. The van der Waals surface area contributed by atoms with Crippen LogP contribution in [0.15, 0.2) is 16.7 Å². The molecule has 0 unspecified atom stereocenters. The number of pyridine rings is 1. The predicted octanol–water partition coefficient (Wildman–Crippen LogP) is 1.21.